The van der Waals surface area contributed by atoms with Crippen LogP contribution in [0, 0.1) is 5.82 Å². The number of piperidine rings is 1. The first-order chi connectivity index (χ1) is 9.47. The summed E-state index contributed by atoms with van der Waals surface area (Å²) < 4.78 is 13.5. The van der Waals surface area contributed by atoms with Crippen molar-refractivity contribution in [3.63, 3.8) is 0 Å². The third kappa shape index (κ3) is 3.24. The number of nitrogens with zero attached hydrogens (tertiary/aromatic N) is 1. The molecule has 0 radical (unpaired) electrons. The summed E-state index contributed by atoms with van der Waals surface area (Å²) in [4.78, 5) is 24.2. The molecule has 108 valence electrons. The van der Waals surface area contributed by atoms with Crippen LogP contribution in [0.5, 0.6) is 0 Å². The van der Waals surface area contributed by atoms with E-state index in [0.717, 1.165) is 25.0 Å². The highest BCUT2D eigenvalue weighted by atomic mass is 19.1. The van der Waals surface area contributed by atoms with Crippen LogP contribution in [0.25, 0.3) is 0 Å². The normalized spacial score (nSPS) is 18.7. The first-order valence-electron chi connectivity index (χ1n) is 6.31. The van der Waals surface area contributed by atoms with E-state index in [-0.39, 0.29) is 17.8 Å². The number of aromatic carboxylic acids is 1. The van der Waals surface area contributed by atoms with Gasteiger partial charge in [0.15, 0.2) is 0 Å². The van der Waals surface area contributed by atoms with Crippen molar-refractivity contribution in [2.75, 3.05) is 18.4 Å². The van der Waals surface area contributed by atoms with E-state index >= 15 is 0 Å². The van der Waals surface area contributed by atoms with Crippen LogP contribution in [0.3, 0.4) is 0 Å². The van der Waals surface area contributed by atoms with Crippen LogP contribution in [0.15, 0.2) is 18.2 Å². The molecular formula is C13H16FN3O3. The van der Waals surface area contributed by atoms with Crippen LogP contribution in [-0.2, 0) is 0 Å². The lowest BCUT2D eigenvalue weighted by molar-refractivity contribution is 0.0692. The van der Waals surface area contributed by atoms with Crippen LogP contribution < -0.4 is 11.1 Å². The van der Waals surface area contributed by atoms with Crippen molar-refractivity contribution >= 4 is 17.7 Å². The zero-order valence-corrected chi connectivity index (χ0v) is 10.8. The molecule has 2 rings (SSSR count). The number of benzene rings is 1. The highest BCUT2D eigenvalue weighted by Gasteiger charge is 2.21. The summed E-state index contributed by atoms with van der Waals surface area (Å²) in [6, 6.07) is 3.07. The van der Waals surface area contributed by atoms with Gasteiger partial charge in [-0.05, 0) is 31.0 Å². The summed E-state index contributed by atoms with van der Waals surface area (Å²) in [7, 11) is 0. The molecule has 0 bridgehead atoms. The van der Waals surface area contributed by atoms with Gasteiger partial charge in [-0.3, -0.25) is 0 Å². The summed E-state index contributed by atoms with van der Waals surface area (Å²) in [5, 5.41) is 11.3. The molecule has 1 aliphatic heterocycles. The molecule has 1 heterocycles. The van der Waals surface area contributed by atoms with Crippen molar-refractivity contribution in [2.24, 2.45) is 5.73 Å². The van der Waals surface area contributed by atoms with E-state index in [4.69, 9.17) is 10.8 Å². The Morgan fingerprint density at radius 2 is 2.20 bits per heavy atom. The van der Waals surface area contributed by atoms with E-state index in [2.05, 4.69) is 5.32 Å². The van der Waals surface area contributed by atoms with Gasteiger partial charge in [0.05, 0.1) is 5.56 Å². The third-order valence-electron chi connectivity index (χ3n) is 3.20. The number of carbonyl (C=O) groups excluding carboxylic acids is 1. The minimum absolute atomic E-state index is 0.0411. The molecule has 6 nitrogen and oxygen atoms in total. The van der Waals surface area contributed by atoms with Gasteiger partial charge in [0.2, 0.25) is 0 Å². The molecule has 1 saturated heterocycles. The number of likely N-dealkylation sites (tertiary alicyclic amines) is 1. The lowest BCUT2D eigenvalue weighted by Gasteiger charge is -2.30. The van der Waals surface area contributed by atoms with Gasteiger partial charge in [-0.25, -0.2) is 14.0 Å². The number of carboxylic acids is 1. The van der Waals surface area contributed by atoms with Crippen LogP contribution in [0.2, 0.25) is 0 Å². The first kappa shape index (κ1) is 14.3. The lowest BCUT2D eigenvalue weighted by atomic mass is 10.1. The Kier molecular flexibility index (Phi) is 4.19. The van der Waals surface area contributed by atoms with Crippen LogP contribution in [0.4, 0.5) is 14.9 Å². The number of halogens is 1. The number of urea groups is 1. The Bertz CT molecular complexity index is 536. The van der Waals surface area contributed by atoms with Crippen molar-refractivity contribution in [1.82, 2.24) is 4.90 Å². The standard InChI is InChI=1S/C13H16FN3O3/c14-11-6-9(3-4-10(11)12(18)19)16-13(20)17-5-1-2-8(15)7-17/h3-4,6,8H,1-2,5,7,15H2,(H,16,20)(H,18,19). The fraction of sp³-hybridized carbons (Fsp3) is 0.385. The monoisotopic (exact) mass is 281 g/mol. The van der Waals surface area contributed by atoms with Crippen molar-refractivity contribution < 1.29 is 19.1 Å². The second kappa shape index (κ2) is 5.87. The van der Waals surface area contributed by atoms with Crippen LogP contribution in [-0.4, -0.2) is 41.1 Å². The average Bonchev–Trinajstić information content (AvgIpc) is 2.38. The molecule has 4 N–H and O–H groups in total. The summed E-state index contributed by atoms with van der Waals surface area (Å²) in [6.45, 7) is 1.07. The van der Waals surface area contributed by atoms with Crippen molar-refractivity contribution in [3.8, 4) is 0 Å². The summed E-state index contributed by atoms with van der Waals surface area (Å²) in [5.74, 6) is -2.23. The van der Waals surface area contributed by atoms with Gasteiger partial charge in [0.25, 0.3) is 0 Å². The van der Waals surface area contributed by atoms with Crippen LogP contribution >= 0.6 is 0 Å². The summed E-state index contributed by atoms with van der Waals surface area (Å²) >= 11 is 0. The second-order valence-electron chi connectivity index (χ2n) is 4.78. The molecule has 1 unspecified atom stereocenters. The number of nitrogens with one attached hydrogen (secondary N) is 1. The number of carboxylic acid groups (broad SMARTS) is 1. The largest absolute Gasteiger partial charge is 0.478 e. The van der Waals surface area contributed by atoms with Gasteiger partial charge < -0.3 is 21.1 Å². The number of anilines is 1. The van der Waals surface area contributed by atoms with Gasteiger partial charge in [-0.15, -0.1) is 0 Å². The predicted molar refractivity (Wildman–Crippen MR) is 71.2 cm³/mol. The van der Waals surface area contributed by atoms with E-state index in [1.807, 2.05) is 0 Å². The van der Waals surface area contributed by atoms with E-state index < -0.39 is 17.3 Å². The quantitative estimate of drug-likeness (QED) is 0.765. The highest BCUT2D eigenvalue weighted by molar-refractivity contribution is 5.91. The molecule has 0 aliphatic carbocycles. The number of nitrogens with two attached hydrogens (primary N) is 1. The molecule has 1 atom stereocenters. The maximum Gasteiger partial charge on any atom is 0.338 e. The maximum absolute atomic E-state index is 13.5. The average molecular weight is 281 g/mol. The Hall–Kier alpha value is -2.15. The van der Waals surface area contributed by atoms with Gasteiger partial charge >= 0.3 is 12.0 Å². The van der Waals surface area contributed by atoms with E-state index in [9.17, 15) is 14.0 Å². The third-order valence-corrected chi connectivity index (χ3v) is 3.20. The highest BCUT2D eigenvalue weighted by Crippen LogP contribution is 2.16. The number of carbonyl (C=O) groups is 2. The van der Waals surface area contributed by atoms with Crippen molar-refractivity contribution in [1.29, 1.82) is 0 Å². The predicted octanol–water partition coefficient (Wildman–Crippen LogP) is 1.48. The Labute approximate surface area is 115 Å². The topological polar surface area (TPSA) is 95.7 Å². The first-order valence-corrected chi connectivity index (χ1v) is 6.31. The molecule has 1 aromatic rings. The zero-order chi connectivity index (χ0) is 14.7. The molecule has 1 aromatic carbocycles. The molecule has 2 amide bonds. The molecule has 0 saturated carbocycles. The second-order valence-corrected chi connectivity index (χ2v) is 4.78. The molecule has 1 fully saturated rings. The smallest absolute Gasteiger partial charge is 0.338 e. The molecule has 7 heteroatoms. The fourth-order valence-corrected chi connectivity index (χ4v) is 2.16. The van der Waals surface area contributed by atoms with E-state index in [1.54, 1.807) is 4.90 Å². The Balaban J connectivity index is 2.04. The Morgan fingerprint density at radius 3 is 2.80 bits per heavy atom. The van der Waals surface area contributed by atoms with Crippen molar-refractivity contribution in [3.05, 3.63) is 29.6 Å². The maximum atomic E-state index is 13.5. The van der Waals surface area contributed by atoms with Crippen LogP contribution in [0.1, 0.15) is 23.2 Å². The molecule has 1 aliphatic rings. The number of hydrogen-bond donors (Lipinski definition) is 3. The molecule has 20 heavy (non-hydrogen) atoms. The van der Waals surface area contributed by atoms with E-state index in [1.165, 1.54) is 6.07 Å². The minimum Gasteiger partial charge on any atom is -0.478 e. The minimum atomic E-state index is -1.35. The lowest BCUT2D eigenvalue weighted by Crippen LogP contribution is -2.47. The Morgan fingerprint density at radius 1 is 1.45 bits per heavy atom. The number of hydrogen-bond acceptors (Lipinski definition) is 3. The van der Waals surface area contributed by atoms with Gasteiger partial charge in [-0.1, -0.05) is 0 Å². The van der Waals surface area contributed by atoms with E-state index in [0.29, 0.717) is 13.1 Å². The number of amides is 2. The molecular weight excluding hydrogens is 265 g/mol. The summed E-state index contributed by atoms with van der Waals surface area (Å²) in [6.07, 6.45) is 1.71. The van der Waals surface area contributed by atoms with Gasteiger partial charge in [0.1, 0.15) is 5.82 Å². The molecule has 0 aromatic heterocycles. The SMILES string of the molecule is NC1CCCN(C(=O)Nc2ccc(C(=O)O)c(F)c2)C1. The fourth-order valence-electron chi connectivity index (χ4n) is 2.16. The van der Waals surface area contributed by atoms with Gasteiger partial charge in [-0.2, -0.15) is 0 Å². The zero-order valence-electron chi connectivity index (χ0n) is 10.8. The number of rotatable bonds is 2. The summed E-state index contributed by atoms with van der Waals surface area (Å²) in [5.41, 5.74) is 5.58. The van der Waals surface area contributed by atoms with Crippen molar-refractivity contribution in [2.45, 2.75) is 18.9 Å². The molecule has 0 spiro atoms. The van der Waals surface area contributed by atoms with Gasteiger partial charge in [0, 0.05) is 24.8 Å².